The SMILES string of the molecule is O=C(CCOc1ccccc1F)NC1CCCN(C2CCCCC2)C1. The Bertz CT molecular complexity index is 560. The highest BCUT2D eigenvalue weighted by Gasteiger charge is 2.27. The Morgan fingerprint density at radius 2 is 1.96 bits per heavy atom. The maximum Gasteiger partial charge on any atom is 0.223 e. The maximum atomic E-state index is 13.5. The molecule has 1 N–H and O–H groups in total. The van der Waals surface area contributed by atoms with E-state index < -0.39 is 5.82 Å². The molecule has 138 valence electrons. The normalized spacial score (nSPS) is 22.5. The Morgan fingerprint density at radius 1 is 1.16 bits per heavy atom. The lowest BCUT2D eigenvalue weighted by atomic mass is 9.92. The molecule has 0 bridgehead atoms. The number of benzene rings is 1. The van der Waals surface area contributed by atoms with Crippen LogP contribution in [0.3, 0.4) is 0 Å². The molecule has 1 aliphatic carbocycles. The maximum absolute atomic E-state index is 13.5. The van der Waals surface area contributed by atoms with E-state index in [1.807, 2.05) is 0 Å². The Hall–Kier alpha value is -1.62. The first kappa shape index (κ1) is 18.2. The average Bonchev–Trinajstić information content (AvgIpc) is 2.64. The fraction of sp³-hybridized carbons (Fsp3) is 0.650. The monoisotopic (exact) mass is 348 g/mol. The van der Waals surface area contributed by atoms with Crippen molar-refractivity contribution in [2.75, 3.05) is 19.7 Å². The van der Waals surface area contributed by atoms with Crippen molar-refractivity contribution in [1.82, 2.24) is 10.2 Å². The first-order valence-electron chi connectivity index (χ1n) is 9.63. The van der Waals surface area contributed by atoms with E-state index in [2.05, 4.69) is 10.2 Å². The van der Waals surface area contributed by atoms with Gasteiger partial charge in [-0.1, -0.05) is 31.4 Å². The van der Waals surface area contributed by atoms with E-state index >= 15 is 0 Å². The molecule has 0 spiro atoms. The highest BCUT2D eigenvalue weighted by molar-refractivity contribution is 5.76. The lowest BCUT2D eigenvalue weighted by Crippen LogP contribution is -2.51. The van der Waals surface area contributed by atoms with Gasteiger partial charge >= 0.3 is 0 Å². The van der Waals surface area contributed by atoms with Crippen LogP contribution >= 0.6 is 0 Å². The van der Waals surface area contributed by atoms with Crippen LogP contribution in [0, 0.1) is 5.82 Å². The Labute approximate surface area is 149 Å². The second-order valence-electron chi connectivity index (χ2n) is 7.22. The van der Waals surface area contributed by atoms with E-state index in [0.717, 1.165) is 25.9 Å². The molecule has 1 aromatic carbocycles. The molecule has 0 radical (unpaired) electrons. The van der Waals surface area contributed by atoms with Crippen LogP contribution < -0.4 is 10.1 Å². The van der Waals surface area contributed by atoms with E-state index in [1.165, 1.54) is 38.2 Å². The van der Waals surface area contributed by atoms with E-state index in [1.54, 1.807) is 18.2 Å². The van der Waals surface area contributed by atoms with Gasteiger partial charge in [0.1, 0.15) is 0 Å². The van der Waals surface area contributed by atoms with Gasteiger partial charge in [0.25, 0.3) is 0 Å². The fourth-order valence-corrected chi connectivity index (χ4v) is 4.02. The molecule has 1 amide bonds. The zero-order valence-electron chi connectivity index (χ0n) is 14.9. The Morgan fingerprint density at radius 3 is 2.76 bits per heavy atom. The lowest BCUT2D eigenvalue weighted by molar-refractivity contribution is -0.122. The van der Waals surface area contributed by atoms with Crippen LogP contribution in [0.5, 0.6) is 5.75 Å². The van der Waals surface area contributed by atoms with Gasteiger partial charge in [-0.25, -0.2) is 4.39 Å². The Balaban J connectivity index is 1.39. The smallest absolute Gasteiger partial charge is 0.223 e. The van der Waals surface area contributed by atoms with Gasteiger partial charge in [0, 0.05) is 18.6 Å². The molecule has 1 atom stereocenters. The third-order valence-electron chi connectivity index (χ3n) is 5.33. The van der Waals surface area contributed by atoms with E-state index in [9.17, 15) is 9.18 Å². The van der Waals surface area contributed by atoms with Crippen molar-refractivity contribution in [2.45, 2.75) is 63.5 Å². The molecule has 5 heteroatoms. The minimum absolute atomic E-state index is 0.00756. The number of para-hydroxylation sites is 1. The quantitative estimate of drug-likeness (QED) is 0.855. The van der Waals surface area contributed by atoms with E-state index in [4.69, 9.17) is 4.74 Å². The molecule has 4 nitrogen and oxygen atoms in total. The number of nitrogens with one attached hydrogen (secondary N) is 1. The molecule has 0 aromatic heterocycles. The summed E-state index contributed by atoms with van der Waals surface area (Å²) in [6, 6.07) is 7.22. The second-order valence-corrected chi connectivity index (χ2v) is 7.22. The van der Waals surface area contributed by atoms with Crippen molar-refractivity contribution in [3.05, 3.63) is 30.1 Å². The highest BCUT2D eigenvalue weighted by Crippen LogP contribution is 2.25. The number of hydrogen-bond donors (Lipinski definition) is 1. The number of carbonyl (C=O) groups excluding carboxylic acids is 1. The summed E-state index contributed by atoms with van der Waals surface area (Å²) in [5, 5.41) is 3.13. The molecular formula is C20H29FN2O2. The topological polar surface area (TPSA) is 41.6 Å². The lowest BCUT2D eigenvalue weighted by Gasteiger charge is -2.40. The van der Waals surface area contributed by atoms with Crippen LogP contribution in [0.25, 0.3) is 0 Å². The van der Waals surface area contributed by atoms with Gasteiger partial charge in [0.15, 0.2) is 11.6 Å². The van der Waals surface area contributed by atoms with Gasteiger partial charge in [-0.15, -0.1) is 0 Å². The molecule has 1 saturated heterocycles. The minimum atomic E-state index is -0.390. The molecule has 1 unspecified atom stereocenters. The molecule has 1 aliphatic heterocycles. The third kappa shape index (κ3) is 5.43. The second kappa shape index (κ2) is 9.18. The summed E-state index contributed by atoms with van der Waals surface area (Å²) in [4.78, 5) is 14.7. The molecule has 1 aromatic rings. The predicted octanol–water partition coefficient (Wildman–Crippen LogP) is 3.51. The van der Waals surface area contributed by atoms with E-state index in [0.29, 0.717) is 6.04 Å². The van der Waals surface area contributed by atoms with Crippen molar-refractivity contribution in [3.63, 3.8) is 0 Å². The molecular weight excluding hydrogens is 319 g/mol. The summed E-state index contributed by atoms with van der Waals surface area (Å²) in [6.07, 6.45) is 9.10. The predicted molar refractivity (Wildman–Crippen MR) is 96.1 cm³/mol. The molecule has 1 saturated carbocycles. The summed E-state index contributed by atoms with van der Waals surface area (Å²) >= 11 is 0. The number of rotatable bonds is 6. The van der Waals surface area contributed by atoms with Crippen molar-refractivity contribution < 1.29 is 13.9 Å². The summed E-state index contributed by atoms with van der Waals surface area (Å²) in [5.41, 5.74) is 0. The number of likely N-dealkylation sites (tertiary alicyclic amines) is 1. The Kier molecular flexibility index (Phi) is 6.68. The summed E-state index contributed by atoms with van der Waals surface area (Å²) in [7, 11) is 0. The number of piperidine rings is 1. The number of hydrogen-bond acceptors (Lipinski definition) is 3. The number of amides is 1. The van der Waals surface area contributed by atoms with Crippen LogP contribution in [-0.2, 0) is 4.79 Å². The van der Waals surface area contributed by atoms with Crippen molar-refractivity contribution in [1.29, 1.82) is 0 Å². The summed E-state index contributed by atoms with van der Waals surface area (Å²) in [5.74, 6) is -0.193. The van der Waals surface area contributed by atoms with Crippen LogP contribution in [0.1, 0.15) is 51.4 Å². The van der Waals surface area contributed by atoms with Crippen molar-refractivity contribution >= 4 is 5.91 Å². The van der Waals surface area contributed by atoms with Crippen LogP contribution in [0.4, 0.5) is 4.39 Å². The van der Waals surface area contributed by atoms with Gasteiger partial charge in [-0.3, -0.25) is 9.69 Å². The van der Waals surface area contributed by atoms with E-state index in [-0.39, 0.29) is 30.7 Å². The van der Waals surface area contributed by atoms with Crippen LogP contribution in [-0.4, -0.2) is 42.6 Å². The van der Waals surface area contributed by atoms with Gasteiger partial charge in [0.05, 0.1) is 13.0 Å². The molecule has 2 aliphatic rings. The van der Waals surface area contributed by atoms with Crippen molar-refractivity contribution in [2.24, 2.45) is 0 Å². The minimum Gasteiger partial charge on any atom is -0.490 e. The van der Waals surface area contributed by atoms with Crippen molar-refractivity contribution in [3.8, 4) is 5.75 Å². The number of ether oxygens (including phenoxy) is 1. The molecule has 3 rings (SSSR count). The first-order chi connectivity index (χ1) is 12.2. The summed E-state index contributed by atoms with van der Waals surface area (Å²) in [6.45, 7) is 2.32. The molecule has 1 heterocycles. The van der Waals surface area contributed by atoms with Gasteiger partial charge in [-0.2, -0.15) is 0 Å². The highest BCUT2D eigenvalue weighted by atomic mass is 19.1. The molecule has 2 fully saturated rings. The van der Waals surface area contributed by atoms with Gasteiger partial charge < -0.3 is 10.1 Å². The summed E-state index contributed by atoms with van der Waals surface area (Å²) < 4.78 is 18.8. The average molecular weight is 348 g/mol. The molecule has 25 heavy (non-hydrogen) atoms. The van der Waals surface area contributed by atoms with Gasteiger partial charge in [-0.05, 0) is 44.4 Å². The number of nitrogens with zero attached hydrogens (tertiary/aromatic N) is 1. The fourth-order valence-electron chi connectivity index (χ4n) is 4.02. The third-order valence-corrected chi connectivity index (χ3v) is 5.33. The number of halogens is 1. The largest absolute Gasteiger partial charge is 0.490 e. The standard InChI is InChI=1S/C20H29FN2O2/c21-18-10-4-5-11-19(18)25-14-12-20(24)22-16-7-6-13-23(15-16)17-8-2-1-3-9-17/h4-5,10-11,16-17H,1-3,6-9,12-15H2,(H,22,24). The zero-order valence-corrected chi connectivity index (χ0v) is 14.9. The first-order valence-corrected chi connectivity index (χ1v) is 9.63. The van der Waals surface area contributed by atoms with Crippen LogP contribution in [0.15, 0.2) is 24.3 Å². The van der Waals surface area contributed by atoms with Gasteiger partial charge in [0.2, 0.25) is 5.91 Å². The van der Waals surface area contributed by atoms with Crippen LogP contribution in [0.2, 0.25) is 0 Å². The number of carbonyl (C=O) groups is 1. The zero-order chi connectivity index (χ0) is 17.5.